The first-order valence-corrected chi connectivity index (χ1v) is 5.55. The van der Waals surface area contributed by atoms with E-state index in [1.165, 1.54) is 12.8 Å². The molecule has 0 aliphatic rings. The Morgan fingerprint density at radius 2 is 1.38 bits per heavy atom. The van der Waals surface area contributed by atoms with Gasteiger partial charge in [0, 0.05) is 0 Å². The van der Waals surface area contributed by atoms with Crippen LogP contribution < -0.4 is 0 Å². The number of carboxylic acid groups (broad SMARTS) is 2. The third-order valence-corrected chi connectivity index (χ3v) is 2.44. The minimum atomic E-state index is -1.23. The van der Waals surface area contributed by atoms with Gasteiger partial charge in [0.15, 0.2) is 5.92 Å². The summed E-state index contributed by atoms with van der Waals surface area (Å²) < 4.78 is 0. The molecule has 0 aromatic rings. The number of carboxylic acids is 2. The van der Waals surface area contributed by atoms with Gasteiger partial charge in [-0.15, -0.1) is 0 Å². The van der Waals surface area contributed by atoms with Crippen molar-refractivity contribution in [2.45, 2.75) is 51.9 Å². The number of hydrogen-bond acceptors (Lipinski definition) is 2. The zero-order valence-corrected chi connectivity index (χ0v) is 9.24. The first-order valence-electron chi connectivity index (χ1n) is 5.55. The molecular weight excluding hydrogens is 236 g/mol. The van der Waals surface area contributed by atoms with E-state index in [1.54, 1.807) is 0 Å². The van der Waals surface area contributed by atoms with Crippen molar-refractivity contribution in [2.75, 3.05) is 0 Å². The van der Waals surface area contributed by atoms with E-state index in [2.05, 4.69) is 6.92 Å². The number of hydrogen-bond donors (Lipinski definition) is 2. The van der Waals surface area contributed by atoms with Crippen LogP contribution in [0.1, 0.15) is 51.9 Å². The SMILES string of the molecule is CCCCCCCCC(C(=O)O)C(=O)O.[CaH2]. The van der Waals surface area contributed by atoms with Crippen molar-refractivity contribution in [3.8, 4) is 0 Å². The summed E-state index contributed by atoms with van der Waals surface area (Å²) in [5.74, 6) is -3.68. The zero-order valence-electron chi connectivity index (χ0n) is 9.24. The fourth-order valence-electron chi connectivity index (χ4n) is 1.48. The predicted molar refractivity (Wildman–Crippen MR) is 65.3 cm³/mol. The van der Waals surface area contributed by atoms with Gasteiger partial charge in [0.1, 0.15) is 0 Å². The van der Waals surface area contributed by atoms with Crippen LogP contribution in [0.15, 0.2) is 0 Å². The molecule has 0 bridgehead atoms. The molecule has 0 aliphatic carbocycles. The third kappa shape index (κ3) is 9.43. The van der Waals surface area contributed by atoms with Crippen molar-refractivity contribution in [1.82, 2.24) is 0 Å². The van der Waals surface area contributed by atoms with Crippen LogP contribution in [0.25, 0.3) is 0 Å². The Kier molecular flexibility index (Phi) is 13.5. The van der Waals surface area contributed by atoms with Crippen LogP contribution in [0, 0.1) is 5.92 Å². The van der Waals surface area contributed by atoms with Crippen molar-refractivity contribution in [3.05, 3.63) is 0 Å². The van der Waals surface area contributed by atoms with Gasteiger partial charge < -0.3 is 10.2 Å². The number of rotatable bonds is 9. The summed E-state index contributed by atoms with van der Waals surface area (Å²) in [6, 6.07) is 0. The van der Waals surface area contributed by atoms with Crippen molar-refractivity contribution in [3.63, 3.8) is 0 Å². The first-order chi connectivity index (χ1) is 7.09. The molecule has 0 unspecified atom stereocenters. The Morgan fingerprint density at radius 1 is 0.938 bits per heavy atom. The van der Waals surface area contributed by atoms with Gasteiger partial charge in [-0.1, -0.05) is 45.4 Å². The van der Waals surface area contributed by atoms with Gasteiger partial charge >= 0.3 is 49.7 Å². The average Bonchev–Trinajstić information content (AvgIpc) is 2.15. The zero-order chi connectivity index (χ0) is 11.7. The monoisotopic (exact) mass is 258 g/mol. The molecule has 0 saturated carbocycles. The number of aliphatic carboxylic acids is 2. The molecule has 0 fully saturated rings. The molecule has 0 rings (SSSR count). The Bertz CT molecular complexity index is 192. The Morgan fingerprint density at radius 3 is 1.81 bits per heavy atom. The van der Waals surface area contributed by atoms with Crippen LogP contribution in [0.3, 0.4) is 0 Å². The molecule has 0 atom stereocenters. The summed E-state index contributed by atoms with van der Waals surface area (Å²) >= 11 is 0. The maximum atomic E-state index is 10.5. The number of unbranched alkanes of at least 4 members (excludes halogenated alkanes) is 5. The van der Waals surface area contributed by atoms with E-state index in [0.717, 1.165) is 19.3 Å². The van der Waals surface area contributed by atoms with Crippen LogP contribution >= 0.6 is 0 Å². The van der Waals surface area contributed by atoms with Crippen molar-refractivity contribution < 1.29 is 19.8 Å². The maximum absolute atomic E-state index is 10.5. The second-order valence-corrected chi connectivity index (χ2v) is 3.79. The first kappa shape index (κ1) is 18.6. The van der Waals surface area contributed by atoms with E-state index in [-0.39, 0.29) is 44.2 Å². The minimum absolute atomic E-state index is 0. The standard InChI is InChI=1S/C11H20O4.Ca.2H/c1-2-3-4-5-6-7-8-9(10(12)13)11(14)15;;;/h9H,2-8H2,1H3,(H,12,13)(H,14,15);;;. The normalized spacial score (nSPS) is 9.88. The predicted octanol–water partition coefficient (Wildman–Crippen LogP) is 1.61. The Hall–Kier alpha value is 0.200. The average molecular weight is 258 g/mol. The van der Waals surface area contributed by atoms with Gasteiger partial charge in [0.05, 0.1) is 0 Å². The fourth-order valence-corrected chi connectivity index (χ4v) is 1.48. The Labute approximate surface area is 126 Å². The third-order valence-electron chi connectivity index (χ3n) is 2.44. The summed E-state index contributed by atoms with van der Waals surface area (Å²) in [6.07, 6.45) is 6.45. The summed E-state index contributed by atoms with van der Waals surface area (Å²) in [7, 11) is 0. The summed E-state index contributed by atoms with van der Waals surface area (Å²) in [6.45, 7) is 2.13. The molecule has 0 amide bonds. The summed E-state index contributed by atoms with van der Waals surface area (Å²) in [5.41, 5.74) is 0. The molecule has 2 N–H and O–H groups in total. The van der Waals surface area contributed by atoms with Crippen molar-refractivity contribution in [1.29, 1.82) is 0 Å². The molecule has 0 spiro atoms. The molecule has 5 heteroatoms. The molecule has 0 aromatic carbocycles. The molecule has 92 valence electrons. The van der Waals surface area contributed by atoms with E-state index < -0.39 is 17.9 Å². The summed E-state index contributed by atoms with van der Waals surface area (Å²) in [4.78, 5) is 21.1. The van der Waals surface area contributed by atoms with Crippen LogP contribution in [0.4, 0.5) is 0 Å². The van der Waals surface area contributed by atoms with E-state index >= 15 is 0 Å². The van der Waals surface area contributed by atoms with E-state index in [0.29, 0.717) is 6.42 Å². The quantitative estimate of drug-likeness (QED) is 0.374. The fraction of sp³-hybridized carbons (Fsp3) is 0.818. The molecule has 16 heavy (non-hydrogen) atoms. The van der Waals surface area contributed by atoms with Gasteiger partial charge in [-0.25, -0.2) is 0 Å². The van der Waals surface area contributed by atoms with Crippen molar-refractivity contribution in [2.24, 2.45) is 5.92 Å². The van der Waals surface area contributed by atoms with Gasteiger partial charge in [-0.05, 0) is 6.42 Å². The molecule has 0 heterocycles. The van der Waals surface area contributed by atoms with E-state index in [1.807, 2.05) is 0 Å². The summed E-state index contributed by atoms with van der Waals surface area (Å²) in [5, 5.41) is 17.2. The second-order valence-electron chi connectivity index (χ2n) is 3.79. The molecule has 4 nitrogen and oxygen atoms in total. The van der Waals surface area contributed by atoms with Crippen LogP contribution in [0.5, 0.6) is 0 Å². The number of carbonyl (C=O) groups is 2. The van der Waals surface area contributed by atoms with Crippen LogP contribution in [-0.4, -0.2) is 59.9 Å². The van der Waals surface area contributed by atoms with Crippen molar-refractivity contribution >= 4 is 49.7 Å². The van der Waals surface area contributed by atoms with E-state index in [9.17, 15) is 9.59 Å². The molecule has 0 aliphatic heterocycles. The van der Waals surface area contributed by atoms with E-state index in [4.69, 9.17) is 10.2 Å². The van der Waals surface area contributed by atoms with Gasteiger partial charge in [0.25, 0.3) is 0 Å². The van der Waals surface area contributed by atoms with Gasteiger partial charge in [-0.3, -0.25) is 9.59 Å². The van der Waals surface area contributed by atoms with Gasteiger partial charge in [-0.2, -0.15) is 0 Å². The molecule has 0 aromatic heterocycles. The topological polar surface area (TPSA) is 74.6 Å². The Balaban J connectivity index is 0. The molecule has 0 saturated heterocycles. The van der Waals surface area contributed by atoms with Crippen LogP contribution in [0.2, 0.25) is 0 Å². The molecular formula is C11H22CaO4. The van der Waals surface area contributed by atoms with Gasteiger partial charge in [0.2, 0.25) is 0 Å². The second kappa shape index (κ2) is 11.7. The van der Waals surface area contributed by atoms with Crippen LogP contribution in [-0.2, 0) is 9.59 Å². The molecule has 0 radical (unpaired) electrons.